The van der Waals surface area contributed by atoms with E-state index in [0.29, 0.717) is 6.42 Å². The summed E-state index contributed by atoms with van der Waals surface area (Å²) in [5, 5.41) is 3.24. The summed E-state index contributed by atoms with van der Waals surface area (Å²) in [5.41, 5.74) is -0.523. The summed E-state index contributed by atoms with van der Waals surface area (Å²) in [6.45, 7) is 3.23. The number of rotatable bonds is 2. The van der Waals surface area contributed by atoms with Crippen molar-refractivity contribution in [2.24, 2.45) is 5.92 Å². The zero-order valence-corrected chi connectivity index (χ0v) is 12.4. The Balaban J connectivity index is 0.00000200. The second-order valence-electron chi connectivity index (χ2n) is 5.57. The summed E-state index contributed by atoms with van der Waals surface area (Å²) >= 11 is 0. The number of likely N-dealkylation sites (tertiary alicyclic amines) is 1. The number of carbonyl (C=O) groups is 1. The third-order valence-electron chi connectivity index (χ3n) is 4.50. The van der Waals surface area contributed by atoms with Crippen molar-refractivity contribution in [1.82, 2.24) is 10.2 Å². The topological polar surface area (TPSA) is 32.3 Å². The fraction of sp³-hybridized carbons (Fsp3) is 0.923. The molecule has 2 heterocycles. The van der Waals surface area contributed by atoms with Crippen molar-refractivity contribution in [2.75, 3.05) is 19.6 Å². The summed E-state index contributed by atoms with van der Waals surface area (Å²) in [4.78, 5) is 14.1. The van der Waals surface area contributed by atoms with E-state index >= 15 is 0 Å². The number of alkyl halides is 3. The molecule has 0 aromatic rings. The predicted octanol–water partition coefficient (Wildman–Crippen LogP) is 2.74. The van der Waals surface area contributed by atoms with Gasteiger partial charge in [0.15, 0.2) is 0 Å². The minimum atomic E-state index is -4.12. The van der Waals surface area contributed by atoms with Gasteiger partial charge in [-0.25, -0.2) is 0 Å². The summed E-state index contributed by atoms with van der Waals surface area (Å²) in [5.74, 6) is -1.25. The van der Waals surface area contributed by atoms with Gasteiger partial charge in [0.05, 0.1) is 11.5 Å². The second-order valence-corrected chi connectivity index (χ2v) is 5.57. The molecule has 1 amide bonds. The molecule has 2 aliphatic heterocycles. The van der Waals surface area contributed by atoms with Gasteiger partial charge in [-0.1, -0.05) is 6.92 Å². The summed E-state index contributed by atoms with van der Waals surface area (Å²) < 4.78 is 37.8. The van der Waals surface area contributed by atoms with Gasteiger partial charge >= 0.3 is 6.18 Å². The molecule has 3 nitrogen and oxygen atoms in total. The van der Waals surface area contributed by atoms with Crippen LogP contribution in [0, 0.1) is 5.92 Å². The quantitative estimate of drug-likeness (QED) is 0.850. The maximum Gasteiger partial charge on any atom is 0.391 e. The Morgan fingerprint density at radius 1 is 1.35 bits per heavy atom. The third kappa shape index (κ3) is 3.39. The highest BCUT2D eigenvalue weighted by molar-refractivity contribution is 5.86. The largest absolute Gasteiger partial charge is 0.391 e. The Morgan fingerprint density at radius 2 is 1.95 bits per heavy atom. The van der Waals surface area contributed by atoms with E-state index in [9.17, 15) is 18.0 Å². The van der Waals surface area contributed by atoms with Gasteiger partial charge in [0, 0.05) is 13.1 Å². The predicted molar refractivity (Wildman–Crippen MR) is 72.9 cm³/mol. The molecule has 0 aromatic carbocycles. The van der Waals surface area contributed by atoms with Crippen LogP contribution in [0.3, 0.4) is 0 Å². The molecule has 0 aliphatic carbocycles. The molecule has 7 heteroatoms. The molecule has 20 heavy (non-hydrogen) atoms. The van der Waals surface area contributed by atoms with Gasteiger partial charge in [-0.3, -0.25) is 4.79 Å². The van der Waals surface area contributed by atoms with Crippen molar-refractivity contribution in [3.63, 3.8) is 0 Å². The van der Waals surface area contributed by atoms with Crippen molar-refractivity contribution >= 4 is 18.3 Å². The molecule has 2 saturated heterocycles. The Bertz CT molecular complexity index is 335. The highest BCUT2D eigenvalue weighted by Gasteiger charge is 2.46. The molecule has 2 rings (SSSR count). The number of hydrogen-bond donors (Lipinski definition) is 1. The van der Waals surface area contributed by atoms with Gasteiger partial charge in [-0.05, 0) is 38.6 Å². The molecule has 0 radical (unpaired) electrons. The minimum absolute atomic E-state index is 0. The highest BCUT2D eigenvalue weighted by atomic mass is 35.5. The molecule has 1 N–H and O–H groups in total. The van der Waals surface area contributed by atoms with Crippen molar-refractivity contribution in [2.45, 2.75) is 50.7 Å². The maximum absolute atomic E-state index is 12.6. The zero-order valence-electron chi connectivity index (χ0n) is 11.6. The number of piperidine rings is 1. The molecule has 1 atom stereocenters. The van der Waals surface area contributed by atoms with Crippen LogP contribution in [0.15, 0.2) is 0 Å². The summed E-state index contributed by atoms with van der Waals surface area (Å²) in [6, 6.07) is 0. The Morgan fingerprint density at radius 3 is 2.35 bits per heavy atom. The lowest BCUT2D eigenvalue weighted by atomic mass is 9.89. The first kappa shape index (κ1) is 17.6. The van der Waals surface area contributed by atoms with Crippen LogP contribution in [-0.2, 0) is 4.79 Å². The van der Waals surface area contributed by atoms with Crippen molar-refractivity contribution in [1.29, 1.82) is 0 Å². The number of halogens is 4. The first-order valence-corrected chi connectivity index (χ1v) is 7.00. The number of carbonyl (C=O) groups excluding carboxylic acids is 1. The van der Waals surface area contributed by atoms with E-state index in [2.05, 4.69) is 5.32 Å². The number of hydrogen-bond acceptors (Lipinski definition) is 2. The Labute approximate surface area is 123 Å². The molecule has 118 valence electrons. The summed E-state index contributed by atoms with van der Waals surface area (Å²) in [7, 11) is 0. The van der Waals surface area contributed by atoms with Crippen LogP contribution in [0.1, 0.15) is 39.0 Å². The molecule has 1 unspecified atom stereocenters. The fourth-order valence-electron chi connectivity index (χ4n) is 3.15. The number of amides is 1. The zero-order chi connectivity index (χ0) is 14.1. The van der Waals surface area contributed by atoms with E-state index in [1.807, 2.05) is 6.92 Å². The third-order valence-corrected chi connectivity index (χ3v) is 4.50. The Kier molecular flexibility index (Phi) is 5.72. The molecule has 0 bridgehead atoms. The number of nitrogens with zero attached hydrogens (tertiary/aromatic N) is 1. The van der Waals surface area contributed by atoms with Gasteiger partial charge in [-0.15, -0.1) is 12.4 Å². The molecule has 2 aliphatic rings. The van der Waals surface area contributed by atoms with Crippen LogP contribution in [0.25, 0.3) is 0 Å². The first-order valence-electron chi connectivity index (χ1n) is 7.00. The molecule has 2 fully saturated rings. The molecular weight excluding hydrogens is 293 g/mol. The fourth-order valence-corrected chi connectivity index (χ4v) is 3.15. The van der Waals surface area contributed by atoms with E-state index in [-0.39, 0.29) is 44.2 Å². The van der Waals surface area contributed by atoms with E-state index < -0.39 is 17.6 Å². The smallest absolute Gasteiger partial charge is 0.341 e. The lowest BCUT2D eigenvalue weighted by Gasteiger charge is -2.38. The molecule has 0 spiro atoms. The van der Waals surface area contributed by atoms with Gasteiger partial charge < -0.3 is 10.2 Å². The lowest BCUT2D eigenvalue weighted by molar-refractivity contribution is -0.187. The van der Waals surface area contributed by atoms with Crippen LogP contribution in [0.5, 0.6) is 0 Å². The number of nitrogens with one attached hydrogen (secondary N) is 1. The van der Waals surface area contributed by atoms with Gasteiger partial charge in [0.2, 0.25) is 5.91 Å². The standard InChI is InChI=1S/C13H21F3N2O.ClH/c1-2-12(6-3-7-17-12)11(19)18-8-4-10(5-9-18)13(14,15)16;/h10,17H,2-9H2,1H3;1H. The van der Waals surface area contributed by atoms with Gasteiger partial charge in [0.25, 0.3) is 0 Å². The van der Waals surface area contributed by atoms with E-state index in [1.165, 1.54) is 0 Å². The average molecular weight is 315 g/mol. The van der Waals surface area contributed by atoms with Crippen molar-refractivity contribution in [3.05, 3.63) is 0 Å². The van der Waals surface area contributed by atoms with Gasteiger partial charge in [-0.2, -0.15) is 13.2 Å². The monoisotopic (exact) mass is 314 g/mol. The van der Waals surface area contributed by atoms with Crippen LogP contribution >= 0.6 is 12.4 Å². The normalized spacial score (nSPS) is 28.3. The lowest BCUT2D eigenvalue weighted by Crippen LogP contribution is -2.56. The van der Waals surface area contributed by atoms with Crippen molar-refractivity contribution in [3.8, 4) is 0 Å². The van der Waals surface area contributed by atoms with Crippen molar-refractivity contribution < 1.29 is 18.0 Å². The molecular formula is C13H22ClF3N2O. The van der Waals surface area contributed by atoms with Crippen LogP contribution in [-0.4, -0.2) is 42.2 Å². The first-order chi connectivity index (χ1) is 8.89. The average Bonchev–Trinajstić information content (AvgIpc) is 2.87. The van der Waals surface area contributed by atoms with Crippen LogP contribution in [0.4, 0.5) is 13.2 Å². The van der Waals surface area contributed by atoms with Gasteiger partial charge in [0.1, 0.15) is 0 Å². The highest BCUT2D eigenvalue weighted by Crippen LogP contribution is 2.35. The SMILES string of the molecule is CCC1(C(=O)N2CCC(C(F)(F)F)CC2)CCCN1.Cl. The minimum Gasteiger partial charge on any atom is -0.341 e. The molecule has 0 saturated carbocycles. The molecule has 0 aromatic heterocycles. The Hall–Kier alpha value is -0.490. The van der Waals surface area contributed by atoms with E-state index in [1.54, 1.807) is 4.90 Å². The second kappa shape index (κ2) is 6.52. The van der Waals surface area contributed by atoms with Crippen LogP contribution in [0.2, 0.25) is 0 Å². The summed E-state index contributed by atoms with van der Waals surface area (Å²) in [6.07, 6.45) is -1.60. The van der Waals surface area contributed by atoms with Crippen LogP contribution < -0.4 is 5.32 Å². The van der Waals surface area contributed by atoms with E-state index in [4.69, 9.17) is 0 Å². The maximum atomic E-state index is 12.6. The van der Waals surface area contributed by atoms with E-state index in [0.717, 1.165) is 19.4 Å².